The lowest BCUT2D eigenvalue weighted by Gasteiger charge is -2.09. The fourth-order valence-electron chi connectivity index (χ4n) is 3.21. The molecule has 1 amide bonds. The zero-order valence-electron chi connectivity index (χ0n) is 15.5. The molecule has 0 atom stereocenters. The van der Waals surface area contributed by atoms with Crippen LogP contribution in [0.25, 0.3) is 22.5 Å². The van der Waals surface area contributed by atoms with E-state index in [4.69, 9.17) is 9.40 Å². The van der Waals surface area contributed by atoms with Crippen LogP contribution in [-0.4, -0.2) is 25.7 Å². The molecule has 1 fully saturated rings. The van der Waals surface area contributed by atoms with Crippen molar-refractivity contribution in [1.29, 1.82) is 0 Å². The zero-order chi connectivity index (χ0) is 19.3. The molecule has 4 heterocycles. The number of hydrogen-bond donors (Lipinski definition) is 1. The third-order valence-corrected chi connectivity index (χ3v) is 5.59. The second kappa shape index (κ2) is 6.56. The van der Waals surface area contributed by atoms with Crippen molar-refractivity contribution in [2.75, 3.05) is 5.32 Å². The molecule has 28 heavy (non-hydrogen) atoms. The lowest BCUT2D eigenvalue weighted by Crippen LogP contribution is -2.13. The average molecular weight is 393 g/mol. The van der Waals surface area contributed by atoms with E-state index < -0.39 is 0 Å². The maximum absolute atomic E-state index is 13.1. The molecule has 8 heteroatoms. The van der Waals surface area contributed by atoms with Crippen molar-refractivity contribution in [3.63, 3.8) is 0 Å². The summed E-state index contributed by atoms with van der Waals surface area (Å²) in [6.45, 7) is 4.06. The lowest BCUT2D eigenvalue weighted by molar-refractivity contribution is 0.102. The van der Waals surface area contributed by atoms with Gasteiger partial charge in [0.1, 0.15) is 5.69 Å². The average Bonchev–Trinajstić information content (AvgIpc) is 3.10. The maximum atomic E-state index is 13.1. The van der Waals surface area contributed by atoms with E-state index in [0.717, 1.165) is 5.69 Å². The standard InChI is InChI=1S/C20H19N5O2S/c1-11(2)25-18-14(9-21-25)13(8-15(22-18)17-4-3-7-27-17)19(26)24-20-23-16(10-28-20)12-5-6-12/h3-4,7-12H,5-6H2,1-2H3,(H,23,24,26). The number of rotatable bonds is 5. The quantitative estimate of drug-likeness (QED) is 0.523. The van der Waals surface area contributed by atoms with Gasteiger partial charge >= 0.3 is 0 Å². The number of amides is 1. The second-order valence-corrected chi connectivity index (χ2v) is 8.12. The van der Waals surface area contributed by atoms with Crippen LogP contribution in [0.1, 0.15) is 54.7 Å². The van der Waals surface area contributed by atoms with Gasteiger partial charge in [0.05, 0.1) is 29.1 Å². The van der Waals surface area contributed by atoms with Crippen molar-refractivity contribution in [2.45, 2.75) is 38.6 Å². The summed E-state index contributed by atoms with van der Waals surface area (Å²) in [5.74, 6) is 0.947. The monoisotopic (exact) mass is 393 g/mol. The van der Waals surface area contributed by atoms with E-state index in [9.17, 15) is 4.79 Å². The summed E-state index contributed by atoms with van der Waals surface area (Å²) in [4.78, 5) is 22.3. The van der Waals surface area contributed by atoms with Crippen LogP contribution in [0, 0.1) is 0 Å². The number of pyridine rings is 1. The highest BCUT2D eigenvalue weighted by Gasteiger charge is 2.26. The van der Waals surface area contributed by atoms with Crippen LogP contribution >= 0.6 is 11.3 Å². The number of carbonyl (C=O) groups is 1. The van der Waals surface area contributed by atoms with Crippen molar-refractivity contribution in [3.8, 4) is 11.5 Å². The molecule has 0 bridgehead atoms. The highest BCUT2D eigenvalue weighted by atomic mass is 32.1. The predicted molar refractivity (Wildman–Crippen MR) is 108 cm³/mol. The Hall–Kier alpha value is -3.00. The van der Waals surface area contributed by atoms with Crippen LogP contribution < -0.4 is 5.32 Å². The van der Waals surface area contributed by atoms with E-state index in [1.807, 2.05) is 30.0 Å². The van der Waals surface area contributed by atoms with Gasteiger partial charge in [-0.2, -0.15) is 5.10 Å². The Bertz CT molecular complexity index is 1150. The Balaban J connectivity index is 1.57. The molecule has 0 aliphatic heterocycles. The minimum Gasteiger partial charge on any atom is -0.463 e. The molecule has 1 aliphatic carbocycles. The number of hydrogen-bond acceptors (Lipinski definition) is 6. The number of carbonyl (C=O) groups excluding carboxylic acids is 1. The normalized spacial score (nSPS) is 14.1. The van der Waals surface area contributed by atoms with Gasteiger partial charge in [-0.15, -0.1) is 11.3 Å². The summed E-state index contributed by atoms with van der Waals surface area (Å²) in [6, 6.07) is 5.50. The number of nitrogens with one attached hydrogen (secondary N) is 1. The Morgan fingerprint density at radius 1 is 1.36 bits per heavy atom. The lowest BCUT2D eigenvalue weighted by atomic mass is 10.1. The van der Waals surface area contributed by atoms with Gasteiger partial charge in [0.2, 0.25) is 0 Å². The maximum Gasteiger partial charge on any atom is 0.258 e. The third-order valence-electron chi connectivity index (χ3n) is 4.81. The number of nitrogens with zero attached hydrogens (tertiary/aromatic N) is 4. The number of aromatic nitrogens is 4. The molecule has 0 aromatic carbocycles. The number of furan rings is 1. The minimum absolute atomic E-state index is 0.118. The fourth-order valence-corrected chi connectivity index (χ4v) is 4.00. The first kappa shape index (κ1) is 17.1. The molecule has 1 N–H and O–H groups in total. The molecule has 4 aromatic rings. The van der Waals surface area contributed by atoms with Gasteiger partial charge < -0.3 is 4.42 Å². The van der Waals surface area contributed by atoms with Crippen molar-refractivity contribution in [2.24, 2.45) is 0 Å². The molecule has 0 unspecified atom stereocenters. The van der Waals surface area contributed by atoms with E-state index in [1.165, 1.54) is 24.2 Å². The van der Waals surface area contributed by atoms with E-state index in [-0.39, 0.29) is 11.9 Å². The summed E-state index contributed by atoms with van der Waals surface area (Å²) in [5, 5.41) is 10.7. The van der Waals surface area contributed by atoms with Crippen LogP contribution in [0.15, 0.2) is 40.5 Å². The number of fused-ring (bicyclic) bond motifs is 1. The molecular weight excluding hydrogens is 374 g/mol. The van der Waals surface area contributed by atoms with Crippen LogP contribution in [0.4, 0.5) is 5.13 Å². The first-order chi connectivity index (χ1) is 13.6. The summed E-state index contributed by atoms with van der Waals surface area (Å²) < 4.78 is 7.31. The van der Waals surface area contributed by atoms with Gasteiger partial charge in [-0.25, -0.2) is 14.6 Å². The molecule has 4 aromatic heterocycles. The molecule has 0 radical (unpaired) electrons. The second-order valence-electron chi connectivity index (χ2n) is 7.26. The predicted octanol–water partition coefficient (Wildman–Crippen LogP) is 4.86. The number of anilines is 1. The van der Waals surface area contributed by atoms with Gasteiger partial charge in [-0.3, -0.25) is 10.1 Å². The van der Waals surface area contributed by atoms with Gasteiger partial charge in [0.25, 0.3) is 5.91 Å². The first-order valence-electron chi connectivity index (χ1n) is 9.29. The van der Waals surface area contributed by atoms with Crippen LogP contribution in [0.3, 0.4) is 0 Å². The summed E-state index contributed by atoms with van der Waals surface area (Å²) in [5.41, 5.74) is 2.84. The minimum atomic E-state index is -0.222. The first-order valence-corrected chi connectivity index (χ1v) is 10.2. The molecule has 1 saturated carbocycles. The van der Waals surface area contributed by atoms with Crippen LogP contribution in [-0.2, 0) is 0 Å². The summed E-state index contributed by atoms with van der Waals surface area (Å²) >= 11 is 1.46. The van der Waals surface area contributed by atoms with Crippen molar-refractivity contribution < 1.29 is 9.21 Å². The molecule has 0 spiro atoms. The van der Waals surface area contributed by atoms with Crippen molar-refractivity contribution in [3.05, 3.63) is 47.3 Å². The largest absolute Gasteiger partial charge is 0.463 e. The molecule has 7 nitrogen and oxygen atoms in total. The smallest absolute Gasteiger partial charge is 0.258 e. The van der Waals surface area contributed by atoms with Crippen molar-refractivity contribution >= 4 is 33.4 Å². The number of thiazole rings is 1. The fraction of sp³-hybridized carbons (Fsp3) is 0.300. The van der Waals surface area contributed by atoms with Crippen molar-refractivity contribution in [1.82, 2.24) is 19.7 Å². The van der Waals surface area contributed by atoms with E-state index >= 15 is 0 Å². The summed E-state index contributed by atoms with van der Waals surface area (Å²) in [6.07, 6.45) is 5.66. The van der Waals surface area contributed by atoms with E-state index in [1.54, 1.807) is 24.6 Å². The topological polar surface area (TPSA) is 85.8 Å². The molecule has 5 rings (SSSR count). The zero-order valence-corrected chi connectivity index (χ0v) is 16.4. The molecule has 1 aliphatic rings. The van der Waals surface area contributed by atoms with Crippen LogP contribution in [0.2, 0.25) is 0 Å². The van der Waals surface area contributed by atoms with E-state index in [0.29, 0.717) is 39.1 Å². The third kappa shape index (κ3) is 2.99. The SMILES string of the molecule is CC(C)n1ncc2c(C(=O)Nc3nc(C4CC4)cs3)cc(-c3ccco3)nc21. The van der Waals surface area contributed by atoms with Gasteiger partial charge in [-0.05, 0) is 44.9 Å². The highest BCUT2D eigenvalue weighted by molar-refractivity contribution is 7.14. The van der Waals surface area contributed by atoms with Gasteiger partial charge in [-0.1, -0.05) is 0 Å². The Morgan fingerprint density at radius 2 is 2.21 bits per heavy atom. The molecule has 142 valence electrons. The van der Waals surface area contributed by atoms with Gasteiger partial charge in [0.15, 0.2) is 16.5 Å². The Labute approximate surface area is 165 Å². The van der Waals surface area contributed by atoms with Crippen LogP contribution in [0.5, 0.6) is 0 Å². The highest BCUT2D eigenvalue weighted by Crippen LogP contribution is 2.41. The Morgan fingerprint density at radius 3 is 2.93 bits per heavy atom. The van der Waals surface area contributed by atoms with E-state index in [2.05, 4.69) is 15.4 Å². The molecular formula is C20H19N5O2S. The molecule has 0 saturated heterocycles. The van der Waals surface area contributed by atoms with Gasteiger partial charge in [0, 0.05) is 17.3 Å². The summed E-state index contributed by atoms with van der Waals surface area (Å²) in [7, 11) is 0. The Kier molecular flexibility index (Phi) is 4.01.